The summed E-state index contributed by atoms with van der Waals surface area (Å²) in [6, 6.07) is 3.29. The molecule has 0 bridgehead atoms. The highest BCUT2D eigenvalue weighted by Crippen LogP contribution is 2.36. The first-order valence-corrected chi connectivity index (χ1v) is 6.53. The first-order chi connectivity index (χ1) is 9.54. The maximum atomic E-state index is 13.9. The van der Waals surface area contributed by atoms with E-state index in [-0.39, 0.29) is 27.1 Å². The smallest absolute Gasteiger partial charge is 0.216 e. The summed E-state index contributed by atoms with van der Waals surface area (Å²) >= 11 is 14.6. The zero-order valence-corrected chi connectivity index (χ0v) is 12.6. The Labute approximate surface area is 130 Å². The molecule has 20 heavy (non-hydrogen) atoms. The number of tetrazole rings is 1. The van der Waals surface area contributed by atoms with Gasteiger partial charge in [0, 0.05) is 10.7 Å². The number of nitrogens with one attached hydrogen (secondary N) is 2. The maximum Gasteiger partial charge on any atom is 0.216 e. The molecule has 2 aromatic rings. The number of anilines is 1. The van der Waals surface area contributed by atoms with Crippen LogP contribution in [0, 0.1) is 17.1 Å². The summed E-state index contributed by atoms with van der Waals surface area (Å²) in [6.07, 6.45) is 1.23. The van der Waals surface area contributed by atoms with Gasteiger partial charge in [-0.1, -0.05) is 23.2 Å². The van der Waals surface area contributed by atoms with Crippen molar-refractivity contribution < 1.29 is 4.39 Å². The van der Waals surface area contributed by atoms with Crippen molar-refractivity contribution in [1.82, 2.24) is 20.6 Å². The normalized spacial score (nSPS) is 11.2. The van der Waals surface area contributed by atoms with Gasteiger partial charge in [0.15, 0.2) is 5.82 Å². The van der Waals surface area contributed by atoms with Crippen LogP contribution in [-0.4, -0.2) is 20.6 Å². The van der Waals surface area contributed by atoms with E-state index in [1.165, 1.54) is 12.3 Å². The van der Waals surface area contributed by atoms with Crippen LogP contribution in [0.25, 0.3) is 5.57 Å². The highest BCUT2D eigenvalue weighted by Gasteiger charge is 2.15. The van der Waals surface area contributed by atoms with Crippen LogP contribution in [0.3, 0.4) is 0 Å². The van der Waals surface area contributed by atoms with E-state index in [2.05, 4.69) is 41.9 Å². The zero-order valence-electron chi connectivity index (χ0n) is 9.46. The molecular weight excluding hydrogens is 374 g/mol. The van der Waals surface area contributed by atoms with Gasteiger partial charge in [0.05, 0.1) is 15.7 Å². The Balaban J connectivity index is 2.36. The van der Waals surface area contributed by atoms with E-state index >= 15 is 0 Å². The number of aromatic amines is 1. The van der Waals surface area contributed by atoms with E-state index in [9.17, 15) is 4.39 Å². The summed E-state index contributed by atoms with van der Waals surface area (Å²) in [6.45, 7) is 0. The molecule has 0 fully saturated rings. The number of hydrogen-bond acceptors (Lipinski definition) is 5. The second kappa shape index (κ2) is 6.17. The molecule has 0 unspecified atom stereocenters. The molecule has 0 atom stereocenters. The lowest BCUT2D eigenvalue weighted by atomic mass is 10.2. The number of benzene rings is 1. The summed E-state index contributed by atoms with van der Waals surface area (Å²) in [7, 11) is 0. The van der Waals surface area contributed by atoms with Crippen molar-refractivity contribution in [2.24, 2.45) is 0 Å². The monoisotopic (exact) mass is 376 g/mol. The Morgan fingerprint density at radius 3 is 2.90 bits per heavy atom. The number of halogens is 4. The molecule has 6 nitrogen and oxygen atoms in total. The van der Waals surface area contributed by atoms with Crippen LogP contribution in [0.15, 0.2) is 16.7 Å². The molecule has 2 rings (SSSR count). The second-order valence-corrected chi connectivity index (χ2v) is 5.03. The van der Waals surface area contributed by atoms with Gasteiger partial charge in [-0.15, -0.1) is 10.2 Å². The molecule has 0 aliphatic carbocycles. The van der Waals surface area contributed by atoms with E-state index in [1.54, 1.807) is 0 Å². The molecule has 0 spiro atoms. The summed E-state index contributed by atoms with van der Waals surface area (Å²) in [5.74, 6) is -0.663. The number of hydrogen-bond donors (Lipinski definition) is 2. The maximum absolute atomic E-state index is 13.9. The Bertz CT molecular complexity index is 710. The van der Waals surface area contributed by atoms with Crippen LogP contribution >= 0.6 is 39.1 Å². The Kier molecular flexibility index (Phi) is 4.54. The minimum absolute atomic E-state index is 0.0376. The number of nitrogens with zero attached hydrogens (tertiary/aromatic N) is 4. The van der Waals surface area contributed by atoms with Crippen LogP contribution < -0.4 is 5.32 Å². The molecule has 0 radical (unpaired) electrons. The molecule has 10 heteroatoms. The third-order valence-corrected chi connectivity index (χ3v) is 3.57. The van der Waals surface area contributed by atoms with Crippen molar-refractivity contribution in [3.8, 4) is 6.07 Å². The van der Waals surface area contributed by atoms with Gasteiger partial charge in [-0.2, -0.15) is 10.5 Å². The van der Waals surface area contributed by atoms with Crippen LogP contribution in [0.2, 0.25) is 10.0 Å². The molecule has 0 aliphatic heterocycles. The van der Waals surface area contributed by atoms with Crippen molar-refractivity contribution in [2.75, 3.05) is 5.32 Å². The quantitative estimate of drug-likeness (QED) is 0.486. The van der Waals surface area contributed by atoms with Gasteiger partial charge in [0.2, 0.25) is 5.82 Å². The minimum Gasteiger partial charge on any atom is -0.357 e. The minimum atomic E-state index is -0.743. The predicted octanol–water partition coefficient (Wildman–Crippen LogP) is 3.38. The molecule has 2 N–H and O–H groups in total. The van der Waals surface area contributed by atoms with Gasteiger partial charge >= 0.3 is 0 Å². The van der Waals surface area contributed by atoms with Crippen molar-refractivity contribution in [2.45, 2.75) is 0 Å². The molecule has 102 valence electrons. The molecule has 0 saturated heterocycles. The van der Waals surface area contributed by atoms with Crippen molar-refractivity contribution >= 4 is 50.4 Å². The molecule has 0 aliphatic rings. The van der Waals surface area contributed by atoms with E-state index < -0.39 is 5.82 Å². The lowest BCUT2D eigenvalue weighted by molar-refractivity contribution is 0.631. The fourth-order valence-electron chi connectivity index (χ4n) is 1.27. The fraction of sp³-hybridized carbons (Fsp3) is 0. The second-order valence-electron chi connectivity index (χ2n) is 3.39. The van der Waals surface area contributed by atoms with Gasteiger partial charge in [0.1, 0.15) is 11.6 Å². The SMILES string of the molecule is N#CC(=CNc1c(Br)cc(Cl)c(Cl)c1F)c1nn[nH]n1. The molecule has 1 aromatic carbocycles. The van der Waals surface area contributed by atoms with E-state index in [0.29, 0.717) is 4.47 Å². The number of allylic oxidation sites excluding steroid dienone is 1. The van der Waals surface area contributed by atoms with Crippen LogP contribution in [0.4, 0.5) is 10.1 Å². The van der Waals surface area contributed by atoms with Crippen molar-refractivity contribution in [1.29, 1.82) is 5.26 Å². The van der Waals surface area contributed by atoms with Gasteiger partial charge in [-0.3, -0.25) is 0 Å². The average molecular weight is 378 g/mol. The van der Waals surface area contributed by atoms with Gasteiger partial charge in [0.25, 0.3) is 0 Å². The molecule has 1 aromatic heterocycles. The Morgan fingerprint density at radius 2 is 2.30 bits per heavy atom. The molecule has 0 saturated carbocycles. The largest absolute Gasteiger partial charge is 0.357 e. The number of nitriles is 1. The third kappa shape index (κ3) is 2.90. The Morgan fingerprint density at radius 1 is 1.55 bits per heavy atom. The Hall–Kier alpha value is -1.69. The van der Waals surface area contributed by atoms with Crippen molar-refractivity contribution in [3.05, 3.63) is 38.4 Å². The highest BCUT2D eigenvalue weighted by molar-refractivity contribution is 9.10. The summed E-state index contributed by atoms with van der Waals surface area (Å²) in [4.78, 5) is 0. The van der Waals surface area contributed by atoms with E-state index in [1.807, 2.05) is 6.07 Å². The average Bonchev–Trinajstić information content (AvgIpc) is 2.94. The van der Waals surface area contributed by atoms with Gasteiger partial charge in [-0.25, -0.2) is 4.39 Å². The first kappa shape index (κ1) is 14.7. The summed E-state index contributed by atoms with van der Waals surface area (Å²) in [5, 5.41) is 24.3. The zero-order chi connectivity index (χ0) is 14.7. The lowest BCUT2D eigenvalue weighted by Gasteiger charge is -2.08. The molecular formula is C10H4BrCl2FN6. The van der Waals surface area contributed by atoms with E-state index in [0.717, 1.165) is 0 Å². The lowest BCUT2D eigenvalue weighted by Crippen LogP contribution is -1.97. The van der Waals surface area contributed by atoms with E-state index in [4.69, 9.17) is 28.5 Å². The summed E-state index contributed by atoms with van der Waals surface area (Å²) < 4.78 is 14.3. The molecule has 0 amide bonds. The number of H-pyrrole nitrogens is 1. The highest BCUT2D eigenvalue weighted by atomic mass is 79.9. The predicted molar refractivity (Wildman–Crippen MR) is 75.5 cm³/mol. The van der Waals surface area contributed by atoms with Gasteiger partial charge in [-0.05, 0) is 27.2 Å². The van der Waals surface area contributed by atoms with Crippen LogP contribution in [0.1, 0.15) is 5.82 Å². The topological polar surface area (TPSA) is 90.3 Å². The van der Waals surface area contributed by atoms with Crippen molar-refractivity contribution in [3.63, 3.8) is 0 Å². The van der Waals surface area contributed by atoms with Crippen LogP contribution in [0.5, 0.6) is 0 Å². The summed E-state index contributed by atoms with van der Waals surface area (Å²) in [5.41, 5.74) is 0.103. The number of rotatable bonds is 3. The third-order valence-electron chi connectivity index (χ3n) is 2.18. The fourth-order valence-corrected chi connectivity index (χ4v) is 2.26. The van der Waals surface area contributed by atoms with Gasteiger partial charge < -0.3 is 5.32 Å². The standard InChI is InChI=1S/C10H4BrCl2FN6/c11-5-1-6(12)7(13)8(14)9(5)16-3-4(2-15)10-17-19-20-18-10/h1,3,16H,(H,17,18,19,20). The van der Waals surface area contributed by atoms with Crippen LogP contribution in [-0.2, 0) is 0 Å². The number of aromatic nitrogens is 4. The first-order valence-electron chi connectivity index (χ1n) is 4.98. The molecule has 1 heterocycles.